The summed E-state index contributed by atoms with van der Waals surface area (Å²) in [5.41, 5.74) is -0.759. The number of halogens is 3. The highest BCUT2D eigenvalue weighted by Gasteiger charge is 2.31. The van der Waals surface area contributed by atoms with Gasteiger partial charge in [0.2, 0.25) is 5.88 Å². The molecule has 6 heteroatoms. The molecule has 20 heavy (non-hydrogen) atoms. The molecule has 1 heterocycles. The molecule has 0 aliphatic carbocycles. The van der Waals surface area contributed by atoms with Crippen LogP contribution in [0.1, 0.15) is 31.7 Å². The lowest BCUT2D eigenvalue weighted by Crippen LogP contribution is -2.10. The van der Waals surface area contributed by atoms with E-state index in [1.807, 2.05) is 6.92 Å². The monoisotopic (exact) mass is 288 g/mol. The molecule has 1 aromatic heterocycles. The maximum Gasteiger partial charge on any atom is 0.416 e. The minimum absolute atomic E-state index is 0.0116. The van der Waals surface area contributed by atoms with Crippen molar-refractivity contribution in [2.24, 2.45) is 0 Å². The Kier molecular flexibility index (Phi) is 6.35. The van der Waals surface area contributed by atoms with Gasteiger partial charge in [0.25, 0.3) is 0 Å². The van der Waals surface area contributed by atoms with Crippen LogP contribution >= 0.6 is 0 Å². The molecule has 0 bridgehead atoms. The van der Waals surface area contributed by atoms with Crippen molar-refractivity contribution in [1.29, 1.82) is 0 Å². The van der Waals surface area contributed by atoms with Crippen molar-refractivity contribution in [3.63, 3.8) is 0 Å². The minimum Gasteiger partial charge on any atom is -0.478 e. The maximum absolute atomic E-state index is 12.8. The molecule has 0 aromatic carbocycles. The first-order chi connectivity index (χ1) is 9.47. The average Bonchev–Trinajstić information content (AvgIpc) is 2.40. The summed E-state index contributed by atoms with van der Waals surface area (Å²) in [6.07, 6.45) is -0.436. The van der Waals surface area contributed by atoms with Gasteiger partial charge < -0.3 is 10.1 Å². The van der Waals surface area contributed by atoms with E-state index in [4.69, 9.17) is 4.74 Å². The Balaban J connectivity index is 2.83. The van der Waals surface area contributed by atoms with Crippen LogP contribution in [0.5, 0.6) is 5.88 Å². The third-order valence-corrected chi connectivity index (χ3v) is 2.49. The van der Waals surface area contributed by atoms with Crippen molar-refractivity contribution in [2.45, 2.75) is 32.4 Å². The second kappa shape index (κ2) is 7.77. The minimum atomic E-state index is -4.41. The molecule has 0 radical (unpaired) electrons. The van der Waals surface area contributed by atoms with Crippen LogP contribution < -0.4 is 10.1 Å². The zero-order valence-corrected chi connectivity index (χ0v) is 11.5. The molecular formula is C14H19F3N2O. The second-order valence-corrected chi connectivity index (χ2v) is 4.28. The quantitative estimate of drug-likeness (QED) is 0.573. The Hall–Kier alpha value is -1.72. The van der Waals surface area contributed by atoms with Crippen LogP contribution in [-0.2, 0) is 6.18 Å². The standard InChI is InChI=1S/C14H19F3N2O/c1-3-5-6-8-20-13-10-11(14(15,16)17)9-12(19-13)18-7-4-2/h3,9-10H,1,4-8H2,2H3,(H,18,19). The van der Waals surface area contributed by atoms with Gasteiger partial charge in [-0.3, -0.25) is 0 Å². The van der Waals surface area contributed by atoms with Gasteiger partial charge in [0, 0.05) is 12.6 Å². The van der Waals surface area contributed by atoms with Crippen molar-refractivity contribution >= 4 is 5.82 Å². The Morgan fingerprint density at radius 3 is 2.75 bits per heavy atom. The van der Waals surface area contributed by atoms with Crippen LogP contribution in [0.4, 0.5) is 19.0 Å². The third kappa shape index (κ3) is 5.50. The fourth-order valence-electron chi connectivity index (χ4n) is 1.49. The van der Waals surface area contributed by atoms with Gasteiger partial charge in [-0.2, -0.15) is 18.2 Å². The van der Waals surface area contributed by atoms with Gasteiger partial charge in [-0.15, -0.1) is 6.58 Å². The predicted octanol–water partition coefficient (Wildman–Crippen LogP) is 4.27. The van der Waals surface area contributed by atoms with Crippen LogP contribution in [0.15, 0.2) is 24.8 Å². The molecule has 0 fully saturated rings. The number of nitrogens with one attached hydrogen (secondary N) is 1. The average molecular weight is 288 g/mol. The van der Waals surface area contributed by atoms with E-state index in [0.717, 1.165) is 25.0 Å². The predicted molar refractivity (Wildman–Crippen MR) is 72.9 cm³/mol. The molecule has 1 N–H and O–H groups in total. The van der Waals surface area contributed by atoms with Gasteiger partial charge in [-0.25, -0.2) is 0 Å². The van der Waals surface area contributed by atoms with Crippen molar-refractivity contribution in [3.05, 3.63) is 30.4 Å². The maximum atomic E-state index is 12.8. The number of alkyl halides is 3. The Labute approximate surface area is 116 Å². The SMILES string of the molecule is C=CCCCOc1cc(C(F)(F)F)cc(NCCC)n1. The van der Waals surface area contributed by atoms with Crippen molar-refractivity contribution in [2.75, 3.05) is 18.5 Å². The normalized spacial score (nSPS) is 11.2. The smallest absolute Gasteiger partial charge is 0.416 e. The summed E-state index contributed by atoms with van der Waals surface area (Å²) >= 11 is 0. The molecule has 3 nitrogen and oxygen atoms in total. The zero-order valence-electron chi connectivity index (χ0n) is 11.5. The highest BCUT2D eigenvalue weighted by atomic mass is 19.4. The summed E-state index contributed by atoms with van der Waals surface area (Å²) in [4.78, 5) is 4.02. The number of unbranched alkanes of at least 4 members (excludes halogenated alkanes) is 1. The van der Waals surface area contributed by atoms with Gasteiger partial charge in [0.1, 0.15) is 5.82 Å². The van der Waals surface area contributed by atoms with E-state index in [0.29, 0.717) is 19.6 Å². The number of anilines is 1. The number of pyridine rings is 1. The fraction of sp³-hybridized carbons (Fsp3) is 0.500. The molecule has 1 rings (SSSR count). The molecule has 0 amide bonds. The van der Waals surface area contributed by atoms with Crippen LogP contribution in [0.25, 0.3) is 0 Å². The van der Waals surface area contributed by atoms with Crippen LogP contribution in [0.3, 0.4) is 0 Å². The van der Waals surface area contributed by atoms with Gasteiger partial charge in [0.05, 0.1) is 12.2 Å². The van der Waals surface area contributed by atoms with Crippen LogP contribution in [0.2, 0.25) is 0 Å². The van der Waals surface area contributed by atoms with Crippen LogP contribution in [-0.4, -0.2) is 18.1 Å². The molecule has 0 unspecified atom stereocenters. The topological polar surface area (TPSA) is 34.1 Å². The van der Waals surface area contributed by atoms with Gasteiger partial charge in [-0.05, 0) is 25.3 Å². The first kappa shape index (κ1) is 16.3. The molecule has 0 saturated heterocycles. The van der Waals surface area contributed by atoms with Gasteiger partial charge in [-0.1, -0.05) is 13.0 Å². The number of hydrogen-bond acceptors (Lipinski definition) is 3. The van der Waals surface area contributed by atoms with E-state index < -0.39 is 11.7 Å². The lowest BCUT2D eigenvalue weighted by atomic mass is 10.2. The Morgan fingerprint density at radius 2 is 2.15 bits per heavy atom. The fourth-order valence-corrected chi connectivity index (χ4v) is 1.49. The molecule has 0 aliphatic heterocycles. The first-order valence-corrected chi connectivity index (χ1v) is 6.54. The van der Waals surface area contributed by atoms with Gasteiger partial charge >= 0.3 is 6.18 Å². The van der Waals surface area contributed by atoms with E-state index >= 15 is 0 Å². The second-order valence-electron chi connectivity index (χ2n) is 4.28. The van der Waals surface area contributed by atoms with E-state index in [1.54, 1.807) is 6.08 Å². The Morgan fingerprint density at radius 1 is 1.40 bits per heavy atom. The summed E-state index contributed by atoms with van der Waals surface area (Å²) in [5.74, 6) is 0.169. The zero-order chi connectivity index (χ0) is 15.0. The molecule has 1 aromatic rings. The van der Waals surface area contributed by atoms with Crippen LogP contribution in [0, 0.1) is 0 Å². The first-order valence-electron chi connectivity index (χ1n) is 6.54. The number of rotatable bonds is 8. The number of aromatic nitrogens is 1. The number of allylic oxidation sites excluding steroid dienone is 1. The summed E-state index contributed by atoms with van der Waals surface area (Å²) in [7, 11) is 0. The highest BCUT2D eigenvalue weighted by Crippen LogP contribution is 2.32. The lowest BCUT2D eigenvalue weighted by molar-refractivity contribution is -0.137. The molecule has 0 aliphatic rings. The van der Waals surface area contributed by atoms with Gasteiger partial charge in [0.15, 0.2) is 0 Å². The number of nitrogens with zero attached hydrogens (tertiary/aromatic N) is 1. The lowest BCUT2D eigenvalue weighted by Gasteiger charge is -2.13. The highest BCUT2D eigenvalue weighted by molar-refractivity contribution is 5.42. The van der Waals surface area contributed by atoms with Crippen molar-refractivity contribution < 1.29 is 17.9 Å². The van der Waals surface area contributed by atoms with E-state index in [-0.39, 0.29) is 11.7 Å². The molecule has 0 spiro atoms. The van der Waals surface area contributed by atoms with E-state index in [1.165, 1.54) is 0 Å². The van der Waals surface area contributed by atoms with E-state index in [2.05, 4.69) is 16.9 Å². The summed E-state index contributed by atoms with van der Waals surface area (Å²) in [6.45, 7) is 6.37. The molecule has 0 atom stereocenters. The third-order valence-electron chi connectivity index (χ3n) is 2.49. The summed E-state index contributed by atoms with van der Waals surface area (Å²) < 4.78 is 43.6. The van der Waals surface area contributed by atoms with Crippen molar-refractivity contribution in [3.8, 4) is 5.88 Å². The van der Waals surface area contributed by atoms with Crippen molar-refractivity contribution in [1.82, 2.24) is 4.98 Å². The number of ether oxygens (including phenoxy) is 1. The summed E-state index contributed by atoms with van der Waals surface area (Å²) in [5, 5.41) is 2.84. The largest absolute Gasteiger partial charge is 0.478 e. The molecule has 0 saturated carbocycles. The summed E-state index contributed by atoms with van der Waals surface area (Å²) in [6, 6.07) is 1.91. The Bertz CT molecular complexity index is 433. The van der Waals surface area contributed by atoms with E-state index in [9.17, 15) is 13.2 Å². The number of hydrogen-bond donors (Lipinski definition) is 1. The molecule has 112 valence electrons. The molecular weight excluding hydrogens is 269 g/mol.